The number of nitrogens with one attached hydrogen (secondary N) is 1. The van der Waals surface area contributed by atoms with E-state index in [0.29, 0.717) is 0 Å². The maximum absolute atomic E-state index is 12.9. The first-order valence-electron chi connectivity index (χ1n) is 10.4. The van der Waals surface area contributed by atoms with Crippen LogP contribution in [0.25, 0.3) is 0 Å². The van der Waals surface area contributed by atoms with Gasteiger partial charge in [0, 0.05) is 36.6 Å². The average Bonchev–Trinajstić information content (AvgIpc) is 3.36. The number of thiophene rings is 2. The van der Waals surface area contributed by atoms with E-state index < -0.39 is 0 Å². The van der Waals surface area contributed by atoms with E-state index in [4.69, 9.17) is 0 Å². The molecule has 1 N–H and O–H groups in total. The van der Waals surface area contributed by atoms with E-state index in [0.717, 1.165) is 36.1 Å². The van der Waals surface area contributed by atoms with E-state index in [2.05, 4.69) is 67.2 Å². The molecule has 1 aliphatic rings. The lowest BCUT2D eigenvalue weighted by Gasteiger charge is -2.39. The molecule has 0 radical (unpaired) electrons. The highest BCUT2D eigenvalue weighted by Gasteiger charge is 2.31. The van der Waals surface area contributed by atoms with Crippen LogP contribution in [0.2, 0.25) is 0 Å². The van der Waals surface area contributed by atoms with Gasteiger partial charge in [0.2, 0.25) is 0 Å². The SMILES string of the molecule is Cc1ccc(C(c2c(NC(=O)c3cccs3)sc(C)c2C)N2CCN(C)CC2)cc1. The largest absolute Gasteiger partial charge is 0.313 e. The third kappa shape index (κ3) is 4.37. The summed E-state index contributed by atoms with van der Waals surface area (Å²) in [4.78, 5) is 19.8. The number of hydrogen-bond donors (Lipinski definition) is 1. The van der Waals surface area contributed by atoms with Crippen LogP contribution in [-0.2, 0) is 0 Å². The maximum atomic E-state index is 12.9. The van der Waals surface area contributed by atoms with Crippen molar-refractivity contribution in [2.75, 3.05) is 38.5 Å². The Balaban J connectivity index is 1.76. The summed E-state index contributed by atoms with van der Waals surface area (Å²) in [6.45, 7) is 10.6. The zero-order chi connectivity index (χ0) is 21.3. The van der Waals surface area contributed by atoms with Gasteiger partial charge in [0.05, 0.1) is 10.9 Å². The molecule has 0 saturated carbocycles. The van der Waals surface area contributed by atoms with Crippen LogP contribution in [-0.4, -0.2) is 48.9 Å². The molecule has 6 heteroatoms. The third-order valence-electron chi connectivity index (χ3n) is 5.97. The second-order valence-electron chi connectivity index (χ2n) is 8.11. The summed E-state index contributed by atoms with van der Waals surface area (Å²) >= 11 is 3.17. The number of rotatable bonds is 5. The van der Waals surface area contributed by atoms with Gasteiger partial charge < -0.3 is 10.2 Å². The lowest BCUT2D eigenvalue weighted by molar-refractivity contribution is 0.103. The third-order valence-corrected chi connectivity index (χ3v) is 7.98. The summed E-state index contributed by atoms with van der Waals surface area (Å²) in [5.41, 5.74) is 5.08. The maximum Gasteiger partial charge on any atom is 0.266 e. The summed E-state index contributed by atoms with van der Waals surface area (Å²) in [5.74, 6) is -0.0199. The molecule has 1 saturated heterocycles. The van der Waals surface area contributed by atoms with Crippen LogP contribution >= 0.6 is 22.7 Å². The van der Waals surface area contributed by atoms with Crippen LogP contribution in [0.3, 0.4) is 0 Å². The monoisotopic (exact) mass is 439 g/mol. The molecule has 1 unspecified atom stereocenters. The lowest BCUT2D eigenvalue weighted by Crippen LogP contribution is -2.46. The molecule has 1 aliphatic heterocycles. The van der Waals surface area contributed by atoms with Gasteiger partial charge in [-0.1, -0.05) is 35.9 Å². The lowest BCUT2D eigenvalue weighted by atomic mass is 9.93. The number of hydrogen-bond acceptors (Lipinski definition) is 5. The van der Waals surface area contributed by atoms with Crippen molar-refractivity contribution < 1.29 is 4.79 Å². The number of likely N-dealkylation sites (N-methyl/N-ethyl adjacent to an activating group) is 1. The highest BCUT2D eigenvalue weighted by atomic mass is 32.1. The summed E-state index contributed by atoms with van der Waals surface area (Å²) in [6, 6.07) is 12.8. The number of amides is 1. The molecule has 0 aliphatic carbocycles. The van der Waals surface area contributed by atoms with Crippen LogP contribution in [0.1, 0.15) is 42.8 Å². The first kappa shape index (κ1) is 21.2. The molecule has 3 heterocycles. The molecule has 30 heavy (non-hydrogen) atoms. The number of nitrogens with zero attached hydrogens (tertiary/aromatic N) is 2. The molecule has 4 nitrogen and oxygen atoms in total. The van der Waals surface area contributed by atoms with Gasteiger partial charge in [0.1, 0.15) is 5.00 Å². The molecule has 1 atom stereocenters. The van der Waals surface area contributed by atoms with E-state index in [1.54, 1.807) is 11.3 Å². The summed E-state index contributed by atoms with van der Waals surface area (Å²) < 4.78 is 0. The number of piperazine rings is 1. The molecule has 1 amide bonds. The Morgan fingerprint density at radius 1 is 1.03 bits per heavy atom. The fraction of sp³-hybridized carbons (Fsp3) is 0.375. The smallest absolute Gasteiger partial charge is 0.266 e. The number of carbonyl (C=O) groups is 1. The molecule has 0 spiro atoms. The molecule has 4 rings (SSSR count). The van der Waals surface area contributed by atoms with Gasteiger partial charge in [-0.3, -0.25) is 9.69 Å². The Labute approximate surface area is 187 Å². The average molecular weight is 440 g/mol. The van der Waals surface area contributed by atoms with Crippen molar-refractivity contribution >= 4 is 33.6 Å². The van der Waals surface area contributed by atoms with Gasteiger partial charge in [-0.2, -0.15) is 0 Å². The number of aryl methyl sites for hydroxylation is 2. The molecule has 1 aromatic carbocycles. The van der Waals surface area contributed by atoms with Gasteiger partial charge in [-0.15, -0.1) is 22.7 Å². The van der Waals surface area contributed by atoms with Crippen LogP contribution in [0.5, 0.6) is 0 Å². The number of anilines is 1. The minimum absolute atomic E-state index is 0.0199. The fourth-order valence-electron chi connectivity index (χ4n) is 4.03. The predicted molar refractivity (Wildman–Crippen MR) is 128 cm³/mol. The number of carbonyl (C=O) groups excluding carboxylic acids is 1. The van der Waals surface area contributed by atoms with Gasteiger partial charge in [0.15, 0.2) is 0 Å². The van der Waals surface area contributed by atoms with Crippen molar-refractivity contribution in [3.05, 3.63) is 73.8 Å². The van der Waals surface area contributed by atoms with Crippen molar-refractivity contribution in [1.82, 2.24) is 9.80 Å². The van der Waals surface area contributed by atoms with E-state index in [1.165, 1.54) is 38.5 Å². The molecule has 2 aromatic heterocycles. The molecular weight excluding hydrogens is 410 g/mol. The summed E-state index contributed by atoms with van der Waals surface area (Å²) in [5, 5.41) is 6.16. The Kier molecular flexibility index (Phi) is 6.39. The zero-order valence-electron chi connectivity index (χ0n) is 18.1. The first-order chi connectivity index (χ1) is 14.4. The molecular formula is C24H29N3OS2. The van der Waals surface area contributed by atoms with Crippen molar-refractivity contribution in [1.29, 1.82) is 0 Å². The second kappa shape index (κ2) is 9.02. The Morgan fingerprint density at radius 2 is 1.73 bits per heavy atom. The topological polar surface area (TPSA) is 35.6 Å². The van der Waals surface area contributed by atoms with Crippen molar-refractivity contribution in [3.63, 3.8) is 0 Å². The van der Waals surface area contributed by atoms with Crippen LogP contribution in [0.15, 0.2) is 41.8 Å². The second-order valence-corrected chi connectivity index (χ2v) is 10.3. The van der Waals surface area contributed by atoms with Gasteiger partial charge in [0.25, 0.3) is 5.91 Å². The summed E-state index contributed by atoms with van der Waals surface area (Å²) in [7, 11) is 2.19. The highest BCUT2D eigenvalue weighted by Crippen LogP contribution is 2.42. The molecule has 158 valence electrons. The minimum atomic E-state index is -0.0199. The van der Waals surface area contributed by atoms with Crippen LogP contribution in [0, 0.1) is 20.8 Å². The molecule has 3 aromatic rings. The van der Waals surface area contributed by atoms with Crippen LogP contribution in [0.4, 0.5) is 5.00 Å². The Hall–Kier alpha value is -1.99. The van der Waals surface area contributed by atoms with Gasteiger partial charge in [-0.25, -0.2) is 0 Å². The summed E-state index contributed by atoms with van der Waals surface area (Å²) in [6.07, 6.45) is 0. The van der Waals surface area contributed by atoms with Gasteiger partial charge in [-0.05, 0) is 50.4 Å². The molecule has 1 fully saturated rings. The van der Waals surface area contributed by atoms with Crippen molar-refractivity contribution in [2.24, 2.45) is 0 Å². The van der Waals surface area contributed by atoms with E-state index in [1.807, 2.05) is 17.5 Å². The number of benzene rings is 1. The van der Waals surface area contributed by atoms with Crippen LogP contribution < -0.4 is 5.32 Å². The zero-order valence-corrected chi connectivity index (χ0v) is 19.7. The predicted octanol–water partition coefficient (Wildman–Crippen LogP) is 5.32. The standard InChI is InChI=1S/C24H29N3OS2/c1-16-7-9-19(10-8-16)22(27-13-11-26(4)12-14-27)21-17(2)18(3)30-24(21)25-23(28)20-6-5-15-29-20/h5-10,15,22H,11-14H2,1-4H3,(H,25,28). The van der Waals surface area contributed by atoms with Crippen molar-refractivity contribution in [2.45, 2.75) is 26.8 Å². The minimum Gasteiger partial charge on any atom is -0.313 e. The quantitative estimate of drug-likeness (QED) is 0.584. The highest BCUT2D eigenvalue weighted by molar-refractivity contribution is 7.17. The normalized spacial score (nSPS) is 16.5. The molecule has 0 bridgehead atoms. The van der Waals surface area contributed by atoms with E-state index in [9.17, 15) is 4.79 Å². The fourth-order valence-corrected chi connectivity index (χ4v) is 5.73. The van der Waals surface area contributed by atoms with E-state index in [-0.39, 0.29) is 11.9 Å². The Bertz CT molecular complexity index is 1000. The van der Waals surface area contributed by atoms with Crippen molar-refractivity contribution in [3.8, 4) is 0 Å². The van der Waals surface area contributed by atoms with Gasteiger partial charge >= 0.3 is 0 Å². The first-order valence-corrected chi connectivity index (χ1v) is 12.1. The van der Waals surface area contributed by atoms with E-state index >= 15 is 0 Å². The Morgan fingerprint density at radius 3 is 2.37 bits per heavy atom.